The van der Waals surface area contributed by atoms with Gasteiger partial charge in [-0.2, -0.15) is 0 Å². The zero-order valence-corrected chi connectivity index (χ0v) is 17.3. The van der Waals surface area contributed by atoms with E-state index >= 15 is 0 Å². The van der Waals surface area contributed by atoms with Crippen LogP contribution in [-0.4, -0.2) is 47.7 Å². The van der Waals surface area contributed by atoms with Crippen LogP contribution in [0.4, 0.5) is 5.13 Å². The number of hydrogen-bond acceptors (Lipinski definition) is 5. The standard InChI is InChI=1S/C21H23N3OS2/c1-15-3-6-17(7-4-15)26-14-20(25)23-9-11-24(12-10-23)21-22-18-8-5-16(2)13-19(18)27-21/h3-8,13H,9-12,14H2,1-2H3. The van der Waals surface area contributed by atoms with E-state index in [2.05, 4.69) is 61.2 Å². The van der Waals surface area contributed by atoms with Gasteiger partial charge in [-0.25, -0.2) is 4.98 Å². The predicted molar refractivity (Wildman–Crippen MR) is 115 cm³/mol. The highest BCUT2D eigenvalue weighted by atomic mass is 32.2. The van der Waals surface area contributed by atoms with Crippen molar-refractivity contribution in [2.75, 3.05) is 36.8 Å². The van der Waals surface area contributed by atoms with Crippen molar-refractivity contribution in [1.29, 1.82) is 0 Å². The number of aryl methyl sites for hydroxylation is 2. The van der Waals surface area contributed by atoms with Gasteiger partial charge in [-0.15, -0.1) is 11.8 Å². The number of benzene rings is 2. The van der Waals surface area contributed by atoms with Crippen LogP contribution in [0, 0.1) is 13.8 Å². The Morgan fingerprint density at radius 3 is 2.48 bits per heavy atom. The van der Waals surface area contributed by atoms with Crippen LogP contribution in [0.15, 0.2) is 47.4 Å². The van der Waals surface area contributed by atoms with Gasteiger partial charge in [0.25, 0.3) is 0 Å². The van der Waals surface area contributed by atoms with Gasteiger partial charge in [-0.05, 0) is 43.7 Å². The third-order valence-electron chi connectivity index (χ3n) is 4.82. The summed E-state index contributed by atoms with van der Waals surface area (Å²) in [7, 11) is 0. The largest absolute Gasteiger partial charge is 0.345 e. The molecule has 1 aromatic heterocycles. The first-order chi connectivity index (χ1) is 13.1. The number of thioether (sulfide) groups is 1. The number of anilines is 1. The van der Waals surface area contributed by atoms with E-state index in [1.807, 2.05) is 4.90 Å². The Bertz CT molecular complexity index is 944. The molecule has 0 radical (unpaired) electrons. The van der Waals surface area contributed by atoms with Gasteiger partial charge in [-0.1, -0.05) is 35.1 Å². The Balaban J connectivity index is 1.32. The first kappa shape index (κ1) is 18.3. The summed E-state index contributed by atoms with van der Waals surface area (Å²) in [6.45, 7) is 7.41. The summed E-state index contributed by atoms with van der Waals surface area (Å²) in [4.78, 5) is 22.7. The fourth-order valence-corrected chi connectivity index (χ4v) is 5.09. The molecule has 27 heavy (non-hydrogen) atoms. The SMILES string of the molecule is Cc1ccc(SCC(=O)N2CCN(c3nc4ccc(C)cc4s3)CC2)cc1. The average Bonchev–Trinajstić information content (AvgIpc) is 3.10. The Morgan fingerprint density at radius 2 is 1.74 bits per heavy atom. The van der Waals surface area contributed by atoms with Crippen LogP contribution < -0.4 is 4.90 Å². The fourth-order valence-electron chi connectivity index (χ4n) is 3.17. The predicted octanol–water partition coefficient (Wildman–Crippen LogP) is 4.35. The molecule has 2 aromatic carbocycles. The molecular weight excluding hydrogens is 374 g/mol. The van der Waals surface area contributed by atoms with Crippen LogP contribution in [0.25, 0.3) is 10.2 Å². The molecule has 0 bridgehead atoms. The molecule has 1 aliphatic rings. The Labute approximate surface area is 168 Å². The van der Waals surface area contributed by atoms with E-state index < -0.39 is 0 Å². The minimum atomic E-state index is 0.222. The molecule has 1 aliphatic heterocycles. The number of hydrogen-bond donors (Lipinski definition) is 0. The Kier molecular flexibility index (Phi) is 5.36. The third-order valence-corrected chi connectivity index (χ3v) is 6.89. The molecule has 0 saturated carbocycles. The number of nitrogens with zero attached hydrogens (tertiary/aromatic N) is 3. The smallest absolute Gasteiger partial charge is 0.233 e. The highest BCUT2D eigenvalue weighted by molar-refractivity contribution is 8.00. The molecule has 6 heteroatoms. The number of rotatable bonds is 4. The maximum atomic E-state index is 12.5. The van der Waals surface area contributed by atoms with Crippen LogP contribution in [0.3, 0.4) is 0 Å². The molecule has 3 aromatic rings. The molecule has 1 saturated heterocycles. The van der Waals surface area contributed by atoms with E-state index in [-0.39, 0.29) is 5.91 Å². The number of amides is 1. The molecule has 0 atom stereocenters. The second-order valence-corrected chi connectivity index (χ2v) is 9.00. The number of carbonyl (C=O) groups excluding carboxylic acids is 1. The monoisotopic (exact) mass is 397 g/mol. The molecule has 1 fully saturated rings. The molecule has 0 spiro atoms. The van der Waals surface area contributed by atoms with E-state index in [0.717, 1.165) is 41.7 Å². The summed E-state index contributed by atoms with van der Waals surface area (Å²) >= 11 is 3.36. The molecular formula is C21H23N3OS2. The minimum Gasteiger partial charge on any atom is -0.345 e. The summed E-state index contributed by atoms with van der Waals surface area (Å²) in [6.07, 6.45) is 0. The second kappa shape index (κ2) is 7.90. The second-order valence-electron chi connectivity index (χ2n) is 6.94. The van der Waals surface area contributed by atoms with Crippen LogP contribution in [0.1, 0.15) is 11.1 Å². The number of carbonyl (C=O) groups is 1. The Hall–Kier alpha value is -2.05. The number of piperazine rings is 1. The summed E-state index contributed by atoms with van der Waals surface area (Å²) in [5.74, 6) is 0.726. The molecule has 0 unspecified atom stereocenters. The summed E-state index contributed by atoms with van der Waals surface area (Å²) < 4.78 is 1.23. The maximum Gasteiger partial charge on any atom is 0.233 e. The zero-order chi connectivity index (χ0) is 18.8. The summed E-state index contributed by atoms with van der Waals surface area (Å²) in [6, 6.07) is 14.7. The van der Waals surface area contributed by atoms with Gasteiger partial charge in [0.15, 0.2) is 5.13 Å². The van der Waals surface area contributed by atoms with Crippen molar-refractivity contribution in [1.82, 2.24) is 9.88 Å². The average molecular weight is 398 g/mol. The van der Waals surface area contributed by atoms with Crippen LogP contribution in [-0.2, 0) is 4.79 Å². The van der Waals surface area contributed by atoms with Crippen LogP contribution in [0.5, 0.6) is 0 Å². The molecule has 1 amide bonds. The van der Waals surface area contributed by atoms with Crippen molar-refractivity contribution in [2.45, 2.75) is 18.7 Å². The molecule has 4 rings (SSSR count). The van der Waals surface area contributed by atoms with Gasteiger partial charge < -0.3 is 9.80 Å². The quantitative estimate of drug-likeness (QED) is 0.613. The Morgan fingerprint density at radius 1 is 1.04 bits per heavy atom. The van der Waals surface area contributed by atoms with Crippen LogP contribution in [0.2, 0.25) is 0 Å². The molecule has 0 N–H and O–H groups in total. The van der Waals surface area contributed by atoms with Gasteiger partial charge in [0.05, 0.1) is 16.0 Å². The molecule has 2 heterocycles. The third kappa shape index (κ3) is 4.28. The molecule has 4 nitrogen and oxygen atoms in total. The highest BCUT2D eigenvalue weighted by Gasteiger charge is 2.23. The van der Waals surface area contributed by atoms with Crippen LogP contribution >= 0.6 is 23.1 Å². The van der Waals surface area contributed by atoms with Crippen molar-refractivity contribution >= 4 is 44.4 Å². The minimum absolute atomic E-state index is 0.222. The van der Waals surface area contributed by atoms with Crippen molar-refractivity contribution in [3.05, 3.63) is 53.6 Å². The summed E-state index contributed by atoms with van der Waals surface area (Å²) in [5, 5.41) is 1.07. The number of thiazole rings is 1. The lowest BCUT2D eigenvalue weighted by Gasteiger charge is -2.34. The first-order valence-corrected chi connectivity index (χ1v) is 11.0. The van der Waals surface area contributed by atoms with Crippen molar-refractivity contribution in [3.8, 4) is 0 Å². The normalized spacial score (nSPS) is 14.7. The lowest BCUT2D eigenvalue weighted by molar-refractivity contribution is -0.128. The topological polar surface area (TPSA) is 36.4 Å². The summed E-state index contributed by atoms with van der Waals surface area (Å²) in [5.41, 5.74) is 3.57. The zero-order valence-electron chi connectivity index (χ0n) is 15.6. The van der Waals surface area contributed by atoms with Gasteiger partial charge >= 0.3 is 0 Å². The van der Waals surface area contributed by atoms with E-state index in [0.29, 0.717) is 5.75 Å². The molecule has 0 aliphatic carbocycles. The number of fused-ring (bicyclic) bond motifs is 1. The van der Waals surface area contributed by atoms with E-state index in [1.54, 1.807) is 23.1 Å². The van der Waals surface area contributed by atoms with Gasteiger partial charge in [0.1, 0.15) is 0 Å². The number of aromatic nitrogens is 1. The lowest BCUT2D eigenvalue weighted by Crippen LogP contribution is -2.49. The van der Waals surface area contributed by atoms with E-state index in [1.165, 1.54) is 15.8 Å². The fraction of sp³-hybridized carbons (Fsp3) is 0.333. The first-order valence-electron chi connectivity index (χ1n) is 9.18. The van der Waals surface area contributed by atoms with Crippen molar-refractivity contribution < 1.29 is 4.79 Å². The van der Waals surface area contributed by atoms with E-state index in [9.17, 15) is 4.79 Å². The van der Waals surface area contributed by atoms with Gasteiger partial charge in [0, 0.05) is 31.1 Å². The van der Waals surface area contributed by atoms with Gasteiger partial charge in [0.2, 0.25) is 5.91 Å². The molecule has 140 valence electrons. The van der Waals surface area contributed by atoms with E-state index in [4.69, 9.17) is 4.98 Å². The maximum absolute atomic E-state index is 12.5. The highest BCUT2D eigenvalue weighted by Crippen LogP contribution is 2.30. The van der Waals surface area contributed by atoms with Crippen molar-refractivity contribution in [2.24, 2.45) is 0 Å². The van der Waals surface area contributed by atoms with Crippen molar-refractivity contribution in [3.63, 3.8) is 0 Å². The lowest BCUT2D eigenvalue weighted by atomic mass is 10.2. The van der Waals surface area contributed by atoms with Gasteiger partial charge in [-0.3, -0.25) is 4.79 Å².